The Morgan fingerprint density at radius 1 is 0.489 bits per heavy atom. The van der Waals surface area contributed by atoms with Crippen LogP contribution in [0.15, 0.2) is 170 Å². The van der Waals surface area contributed by atoms with Crippen molar-refractivity contribution in [2.45, 2.75) is 13.8 Å². The van der Waals surface area contributed by atoms with Crippen molar-refractivity contribution >= 4 is 54.1 Å². The second-order valence-electron chi connectivity index (χ2n) is 11.9. The molecule has 0 saturated heterocycles. The van der Waals surface area contributed by atoms with Gasteiger partial charge in [-0.25, -0.2) is 0 Å². The van der Waals surface area contributed by atoms with Crippen LogP contribution in [-0.2, 0) is 0 Å². The number of nitrogens with zero attached hydrogens (tertiary/aromatic N) is 2. The van der Waals surface area contributed by atoms with Crippen molar-refractivity contribution in [1.82, 2.24) is 9.55 Å². The molecule has 0 atom stereocenters. The van der Waals surface area contributed by atoms with Crippen LogP contribution in [0.25, 0.3) is 82.1 Å². The van der Waals surface area contributed by atoms with Gasteiger partial charge < -0.3 is 4.57 Å². The van der Waals surface area contributed by atoms with Gasteiger partial charge in [-0.1, -0.05) is 127 Å². The van der Waals surface area contributed by atoms with Gasteiger partial charge in [-0.3, -0.25) is 4.98 Å². The van der Waals surface area contributed by atoms with E-state index >= 15 is 0 Å². The average Bonchev–Trinajstić information content (AvgIpc) is 3.48. The number of pyridine rings is 1. The quantitative estimate of drug-likeness (QED) is 0.145. The molecule has 0 saturated carbocycles. The molecule has 224 valence electrons. The molecule has 0 spiro atoms. The lowest BCUT2D eigenvalue weighted by Crippen LogP contribution is -1.94. The SMILES string of the molecule is C/C=C\C=C/C.c1cncc(-c2ccc3ccc4c(-c5cccc(-n6c7ccccc7c7ccccc76)c5)ccc5ccc2c3c54)c1. The summed E-state index contributed by atoms with van der Waals surface area (Å²) in [6, 6.07) is 48.7. The van der Waals surface area contributed by atoms with E-state index in [2.05, 4.69) is 137 Å². The predicted octanol–water partition coefficient (Wildman–Crippen LogP) is 12.5. The molecule has 0 bridgehead atoms. The normalized spacial score (nSPS) is 11.9. The highest BCUT2D eigenvalue weighted by atomic mass is 15.0. The molecule has 2 aromatic heterocycles. The number of rotatable bonds is 4. The number of fused-ring (bicyclic) bond motifs is 3. The van der Waals surface area contributed by atoms with Crippen molar-refractivity contribution in [3.05, 3.63) is 170 Å². The first-order chi connectivity index (χ1) is 23.3. The first kappa shape index (κ1) is 28.5. The zero-order chi connectivity index (χ0) is 31.7. The van der Waals surface area contributed by atoms with Crippen LogP contribution in [0.3, 0.4) is 0 Å². The third-order valence-corrected chi connectivity index (χ3v) is 9.13. The predicted molar refractivity (Wildman–Crippen MR) is 203 cm³/mol. The van der Waals surface area contributed by atoms with E-state index in [0.29, 0.717) is 0 Å². The summed E-state index contributed by atoms with van der Waals surface area (Å²) in [5.41, 5.74) is 8.46. The number of benzene rings is 7. The fraction of sp³-hybridized carbons (Fsp3) is 0.0444. The number of aromatic nitrogens is 2. The molecule has 0 aliphatic heterocycles. The number of allylic oxidation sites excluding steroid dienone is 4. The summed E-state index contributed by atoms with van der Waals surface area (Å²) >= 11 is 0. The molecule has 0 aliphatic rings. The lowest BCUT2D eigenvalue weighted by Gasteiger charge is -2.17. The van der Waals surface area contributed by atoms with Crippen molar-refractivity contribution in [3.8, 4) is 27.9 Å². The molecule has 9 rings (SSSR count). The lowest BCUT2D eigenvalue weighted by molar-refractivity contribution is 1.18. The van der Waals surface area contributed by atoms with E-state index in [4.69, 9.17) is 0 Å². The highest BCUT2D eigenvalue weighted by molar-refractivity contribution is 6.27. The Hall–Kier alpha value is -5.99. The molecular weight excluding hydrogens is 569 g/mol. The Bertz CT molecular complexity index is 2520. The Morgan fingerprint density at radius 3 is 1.62 bits per heavy atom. The van der Waals surface area contributed by atoms with Gasteiger partial charge in [0.05, 0.1) is 11.0 Å². The van der Waals surface area contributed by atoms with Crippen molar-refractivity contribution < 1.29 is 0 Å². The van der Waals surface area contributed by atoms with Gasteiger partial charge in [0.1, 0.15) is 0 Å². The fourth-order valence-electron chi connectivity index (χ4n) is 7.06. The number of hydrogen-bond donors (Lipinski definition) is 0. The van der Waals surface area contributed by atoms with E-state index in [1.54, 1.807) is 0 Å². The van der Waals surface area contributed by atoms with E-state index < -0.39 is 0 Å². The minimum Gasteiger partial charge on any atom is -0.309 e. The smallest absolute Gasteiger partial charge is 0.0541 e. The summed E-state index contributed by atoms with van der Waals surface area (Å²) in [6.45, 7) is 4.00. The van der Waals surface area contributed by atoms with Gasteiger partial charge in [-0.05, 0) is 93.2 Å². The van der Waals surface area contributed by atoms with Crippen molar-refractivity contribution in [2.24, 2.45) is 0 Å². The molecule has 0 unspecified atom stereocenters. The maximum absolute atomic E-state index is 4.39. The maximum Gasteiger partial charge on any atom is 0.0541 e. The van der Waals surface area contributed by atoms with Crippen molar-refractivity contribution in [2.75, 3.05) is 0 Å². The van der Waals surface area contributed by atoms with Crippen LogP contribution in [0.4, 0.5) is 0 Å². The van der Waals surface area contributed by atoms with Crippen molar-refractivity contribution in [1.29, 1.82) is 0 Å². The van der Waals surface area contributed by atoms with E-state index in [-0.39, 0.29) is 0 Å². The van der Waals surface area contributed by atoms with E-state index in [1.165, 1.54) is 76.5 Å². The molecule has 2 heteroatoms. The van der Waals surface area contributed by atoms with Gasteiger partial charge in [0.2, 0.25) is 0 Å². The Balaban J connectivity index is 0.000000497. The molecule has 0 radical (unpaired) electrons. The van der Waals surface area contributed by atoms with Crippen LogP contribution in [0.2, 0.25) is 0 Å². The second-order valence-corrected chi connectivity index (χ2v) is 11.9. The third-order valence-electron chi connectivity index (χ3n) is 9.13. The Morgan fingerprint density at radius 2 is 1.04 bits per heavy atom. The van der Waals surface area contributed by atoms with Crippen LogP contribution in [-0.4, -0.2) is 9.55 Å². The monoisotopic (exact) mass is 602 g/mol. The molecule has 2 heterocycles. The number of hydrogen-bond acceptors (Lipinski definition) is 1. The third kappa shape index (κ3) is 4.86. The first-order valence-corrected chi connectivity index (χ1v) is 16.2. The molecule has 2 nitrogen and oxygen atoms in total. The lowest BCUT2D eigenvalue weighted by atomic mass is 9.87. The van der Waals surface area contributed by atoms with E-state index in [1.807, 2.05) is 56.6 Å². The molecule has 9 aromatic rings. The average molecular weight is 603 g/mol. The second kappa shape index (κ2) is 12.1. The molecule has 0 amide bonds. The summed E-state index contributed by atoms with van der Waals surface area (Å²) in [6.07, 6.45) is 11.8. The Labute approximate surface area is 274 Å². The molecular formula is C45H34N2. The van der Waals surface area contributed by atoms with Gasteiger partial charge in [-0.2, -0.15) is 0 Å². The van der Waals surface area contributed by atoms with E-state index in [0.717, 1.165) is 5.56 Å². The zero-order valence-corrected chi connectivity index (χ0v) is 26.6. The van der Waals surface area contributed by atoms with Gasteiger partial charge in [-0.15, -0.1) is 0 Å². The zero-order valence-electron chi connectivity index (χ0n) is 26.6. The highest BCUT2D eigenvalue weighted by Gasteiger charge is 2.16. The summed E-state index contributed by atoms with van der Waals surface area (Å²) < 4.78 is 2.39. The molecule has 0 fully saturated rings. The van der Waals surface area contributed by atoms with Gasteiger partial charge in [0.25, 0.3) is 0 Å². The first-order valence-electron chi connectivity index (χ1n) is 16.2. The standard InChI is InChI=1S/C39H24N2.C6H10/c1-3-12-36-32(10-1)33-11-2-4-13-37(33)41(36)29-9-5-7-27(23-29)30-18-14-25-17-21-35-31(28-8-6-22-40-24-28)19-15-26-16-20-34(30)38(25)39(26)35;1-3-5-6-4-2/h1-24H;3-6H,1-2H3/b;5-3-,6-4-. The van der Waals surface area contributed by atoms with Crippen LogP contribution in [0.5, 0.6) is 0 Å². The van der Waals surface area contributed by atoms with Gasteiger partial charge in [0, 0.05) is 34.4 Å². The minimum absolute atomic E-state index is 1.14. The Kier molecular flexibility index (Phi) is 7.32. The largest absolute Gasteiger partial charge is 0.309 e. The molecule has 7 aromatic carbocycles. The van der Waals surface area contributed by atoms with Gasteiger partial charge in [0.15, 0.2) is 0 Å². The fourth-order valence-corrected chi connectivity index (χ4v) is 7.06. The van der Waals surface area contributed by atoms with Gasteiger partial charge >= 0.3 is 0 Å². The van der Waals surface area contributed by atoms with Crippen LogP contribution < -0.4 is 0 Å². The minimum atomic E-state index is 1.14. The van der Waals surface area contributed by atoms with Crippen LogP contribution in [0.1, 0.15) is 13.8 Å². The molecule has 0 N–H and O–H groups in total. The van der Waals surface area contributed by atoms with Crippen LogP contribution >= 0.6 is 0 Å². The maximum atomic E-state index is 4.39. The van der Waals surface area contributed by atoms with E-state index in [9.17, 15) is 0 Å². The van der Waals surface area contributed by atoms with Crippen LogP contribution in [0, 0.1) is 0 Å². The number of para-hydroxylation sites is 2. The molecule has 0 aliphatic carbocycles. The molecule has 47 heavy (non-hydrogen) atoms. The summed E-state index contributed by atoms with van der Waals surface area (Å²) in [5, 5.41) is 10.3. The highest BCUT2D eigenvalue weighted by Crippen LogP contribution is 2.42. The summed E-state index contributed by atoms with van der Waals surface area (Å²) in [5.74, 6) is 0. The summed E-state index contributed by atoms with van der Waals surface area (Å²) in [4.78, 5) is 4.39. The summed E-state index contributed by atoms with van der Waals surface area (Å²) in [7, 11) is 0. The van der Waals surface area contributed by atoms with Crippen molar-refractivity contribution in [3.63, 3.8) is 0 Å². The topological polar surface area (TPSA) is 17.8 Å².